The molecule has 1 fully saturated rings. The lowest BCUT2D eigenvalue weighted by Crippen LogP contribution is -2.23. The molecule has 2 N–H and O–H groups in total. The minimum Gasteiger partial charge on any atom is -0.497 e. The lowest BCUT2D eigenvalue weighted by molar-refractivity contribution is 0.102. The van der Waals surface area contributed by atoms with E-state index in [1.165, 1.54) is 51.5 Å². The van der Waals surface area contributed by atoms with E-state index in [0.29, 0.717) is 17.1 Å². The first-order valence-electron chi connectivity index (χ1n) is 11.9. The van der Waals surface area contributed by atoms with Gasteiger partial charge in [-0.2, -0.15) is 0 Å². The summed E-state index contributed by atoms with van der Waals surface area (Å²) in [4.78, 5) is 15.0. The van der Waals surface area contributed by atoms with E-state index in [-0.39, 0.29) is 21.0 Å². The van der Waals surface area contributed by atoms with E-state index in [9.17, 15) is 21.6 Å². The molecule has 202 valence electrons. The maximum absolute atomic E-state index is 13.5. The minimum atomic E-state index is -4.03. The highest BCUT2D eigenvalue weighted by molar-refractivity contribution is 7.93. The van der Waals surface area contributed by atoms with Crippen LogP contribution in [0.5, 0.6) is 5.75 Å². The maximum atomic E-state index is 13.5. The minimum absolute atomic E-state index is 0.0218. The number of nitrogens with zero attached hydrogens (tertiary/aromatic N) is 2. The van der Waals surface area contributed by atoms with Crippen LogP contribution in [0.4, 0.5) is 17.1 Å². The monoisotopic (exact) mass is 558 g/mol. The number of nitrogens with one attached hydrogen (secondary N) is 2. The van der Waals surface area contributed by atoms with Crippen LogP contribution in [0.25, 0.3) is 0 Å². The first-order valence-corrected chi connectivity index (χ1v) is 14.8. The molecule has 0 unspecified atom stereocenters. The van der Waals surface area contributed by atoms with Crippen LogP contribution >= 0.6 is 0 Å². The number of amides is 1. The number of anilines is 3. The molecule has 4 rings (SSSR count). The van der Waals surface area contributed by atoms with Crippen molar-refractivity contribution in [3.63, 3.8) is 0 Å². The summed E-state index contributed by atoms with van der Waals surface area (Å²) in [5.41, 5.74) is 1.29. The summed E-state index contributed by atoms with van der Waals surface area (Å²) in [6.07, 6.45) is 1.91. The lowest BCUT2D eigenvalue weighted by Gasteiger charge is -2.22. The number of hydrogen-bond donors (Lipinski definition) is 2. The Bertz CT molecular complexity index is 1530. The molecule has 1 aliphatic rings. The Morgan fingerprint density at radius 1 is 0.895 bits per heavy atom. The largest absolute Gasteiger partial charge is 0.497 e. The van der Waals surface area contributed by atoms with Gasteiger partial charge in [-0.15, -0.1) is 0 Å². The number of sulfonamides is 2. The molecule has 10 nitrogen and oxygen atoms in total. The highest BCUT2D eigenvalue weighted by Crippen LogP contribution is 2.32. The van der Waals surface area contributed by atoms with Crippen LogP contribution in [-0.4, -0.2) is 61.3 Å². The quantitative estimate of drug-likeness (QED) is 0.411. The number of benzene rings is 3. The average Bonchev–Trinajstić information content (AvgIpc) is 3.44. The summed E-state index contributed by atoms with van der Waals surface area (Å²) in [6, 6.07) is 16.9. The first-order chi connectivity index (χ1) is 18.0. The van der Waals surface area contributed by atoms with Crippen molar-refractivity contribution in [3.05, 3.63) is 72.3 Å². The van der Waals surface area contributed by atoms with Crippen LogP contribution in [0.15, 0.2) is 76.5 Å². The van der Waals surface area contributed by atoms with E-state index >= 15 is 0 Å². The van der Waals surface area contributed by atoms with Gasteiger partial charge in [-0.25, -0.2) is 21.1 Å². The maximum Gasteiger partial charge on any atom is 0.264 e. The molecule has 38 heavy (non-hydrogen) atoms. The molecule has 3 aromatic rings. The highest BCUT2D eigenvalue weighted by Gasteiger charge is 2.25. The van der Waals surface area contributed by atoms with Crippen molar-refractivity contribution >= 4 is 43.0 Å². The molecule has 0 spiro atoms. The molecule has 3 aromatic carbocycles. The molecule has 0 bridgehead atoms. The Balaban J connectivity index is 1.65. The molecule has 1 aliphatic heterocycles. The Kier molecular flexibility index (Phi) is 7.95. The molecular weight excluding hydrogens is 528 g/mol. The SMILES string of the molecule is COc1ccc(NS(=O)(=O)c2cc(NC(=O)c3cccc(S(=O)(=O)N(C)C)c3)ccc2N2CCCC2)cc1. The number of ether oxygens (including phenoxy) is 1. The van der Waals surface area contributed by atoms with Gasteiger partial charge in [-0.05, 0) is 73.5 Å². The van der Waals surface area contributed by atoms with E-state index in [1.54, 1.807) is 36.4 Å². The summed E-state index contributed by atoms with van der Waals surface area (Å²) in [5.74, 6) is 0.0269. The molecule has 1 saturated heterocycles. The average molecular weight is 559 g/mol. The van der Waals surface area contributed by atoms with Crippen molar-refractivity contribution in [2.24, 2.45) is 0 Å². The first kappa shape index (κ1) is 27.4. The Morgan fingerprint density at radius 2 is 1.55 bits per heavy atom. The zero-order chi connectivity index (χ0) is 27.5. The van der Waals surface area contributed by atoms with Gasteiger partial charge in [0.1, 0.15) is 10.6 Å². The van der Waals surface area contributed by atoms with Crippen LogP contribution in [-0.2, 0) is 20.0 Å². The zero-order valence-corrected chi connectivity index (χ0v) is 23.0. The second kappa shape index (κ2) is 11.0. The summed E-state index contributed by atoms with van der Waals surface area (Å²) >= 11 is 0. The fourth-order valence-corrected chi connectivity index (χ4v) is 6.37. The lowest BCUT2D eigenvalue weighted by atomic mass is 10.2. The van der Waals surface area contributed by atoms with Crippen molar-refractivity contribution in [2.75, 3.05) is 49.2 Å². The van der Waals surface area contributed by atoms with E-state index in [4.69, 9.17) is 4.74 Å². The normalized spacial score (nSPS) is 13.9. The number of carbonyl (C=O) groups is 1. The van der Waals surface area contributed by atoms with Crippen LogP contribution in [0.3, 0.4) is 0 Å². The standard InChI is InChI=1S/C26H30N4O6S2/c1-29(2)38(34,35)23-8-6-7-19(17-23)26(31)27-21-11-14-24(30-15-4-5-16-30)25(18-21)37(32,33)28-20-9-12-22(36-3)13-10-20/h6-14,17-18,28H,4-5,15-16H2,1-3H3,(H,27,31). The Hall–Kier alpha value is -3.61. The fraction of sp³-hybridized carbons (Fsp3) is 0.269. The zero-order valence-electron chi connectivity index (χ0n) is 21.3. The number of methoxy groups -OCH3 is 1. The van der Waals surface area contributed by atoms with Gasteiger partial charge in [0.15, 0.2) is 0 Å². The second-order valence-corrected chi connectivity index (χ2v) is 12.8. The number of rotatable bonds is 9. The molecule has 0 saturated carbocycles. The van der Waals surface area contributed by atoms with Gasteiger partial charge in [0.25, 0.3) is 15.9 Å². The molecule has 1 heterocycles. The van der Waals surface area contributed by atoms with Crippen LogP contribution < -0.4 is 19.7 Å². The van der Waals surface area contributed by atoms with Crippen molar-refractivity contribution < 1.29 is 26.4 Å². The molecule has 1 amide bonds. The molecule has 0 aliphatic carbocycles. The fourth-order valence-electron chi connectivity index (χ4n) is 4.11. The summed E-state index contributed by atoms with van der Waals surface area (Å²) < 4.78 is 60.8. The number of hydrogen-bond acceptors (Lipinski definition) is 7. The van der Waals surface area contributed by atoms with Gasteiger partial charge >= 0.3 is 0 Å². The molecule has 0 radical (unpaired) electrons. The van der Waals surface area contributed by atoms with Gasteiger partial charge in [0, 0.05) is 44.1 Å². The molecular formula is C26H30N4O6S2. The topological polar surface area (TPSA) is 125 Å². The van der Waals surface area contributed by atoms with Gasteiger partial charge in [-0.3, -0.25) is 9.52 Å². The third-order valence-corrected chi connectivity index (χ3v) is 9.39. The van der Waals surface area contributed by atoms with Crippen LogP contribution in [0.1, 0.15) is 23.2 Å². The summed E-state index contributed by atoms with van der Waals surface area (Å²) in [5, 5.41) is 2.70. The Morgan fingerprint density at radius 3 is 2.18 bits per heavy atom. The van der Waals surface area contributed by atoms with Gasteiger partial charge in [-0.1, -0.05) is 6.07 Å². The van der Waals surface area contributed by atoms with Crippen LogP contribution in [0, 0.1) is 0 Å². The third-order valence-electron chi connectivity index (χ3n) is 6.17. The molecule has 0 atom stereocenters. The van der Waals surface area contributed by atoms with Gasteiger partial charge in [0.2, 0.25) is 10.0 Å². The van der Waals surface area contributed by atoms with Crippen molar-refractivity contribution in [2.45, 2.75) is 22.6 Å². The Labute approximate surface area is 223 Å². The molecule has 12 heteroatoms. The van der Waals surface area contributed by atoms with E-state index in [0.717, 1.165) is 30.2 Å². The predicted octanol–water partition coefficient (Wildman–Crippen LogP) is 3.60. The number of carbonyl (C=O) groups excluding carboxylic acids is 1. The highest BCUT2D eigenvalue weighted by atomic mass is 32.2. The third kappa shape index (κ3) is 5.93. The second-order valence-electron chi connectivity index (χ2n) is 8.98. The van der Waals surface area contributed by atoms with Gasteiger partial charge < -0.3 is 15.0 Å². The summed E-state index contributed by atoms with van der Waals surface area (Å²) in [6.45, 7) is 1.45. The van der Waals surface area contributed by atoms with Crippen molar-refractivity contribution in [1.82, 2.24) is 4.31 Å². The summed E-state index contributed by atoms with van der Waals surface area (Å²) in [7, 11) is -3.41. The van der Waals surface area contributed by atoms with E-state index in [2.05, 4.69) is 10.0 Å². The molecule has 0 aromatic heterocycles. The van der Waals surface area contributed by atoms with Crippen LogP contribution in [0.2, 0.25) is 0 Å². The smallest absolute Gasteiger partial charge is 0.264 e. The van der Waals surface area contributed by atoms with Crippen molar-refractivity contribution in [3.8, 4) is 5.75 Å². The van der Waals surface area contributed by atoms with E-state index in [1.807, 2.05) is 4.90 Å². The van der Waals surface area contributed by atoms with E-state index < -0.39 is 26.0 Å². The predicted molar refractivity (Wildman–Crippen MR) is 147 cm³/mol. The van der Waals surface area contributed by atoms with Gasteiger partial charge in [0.05, 0.1) is 17.7 Å². The van der Waals surface area contributed by atoms with Crippen molar-refractivity contribution in [1.29, 1.82) is 0 Å².